The van der Waals surface area contributed by atoms with Crippen LogP contribution >= 0.6 is 0 Å². The summed E-state index contributed by atoms with van der Waals surface area (Å²) in [7, 11) is 0. The highest BCUT2D eigenvalue weighted by Gasteiger charge is 2.44. The number of nitrogens with two attached hydrogens (primary N) is 1. The van der Waals surface area contributed by atoms with Crippen molar-refractivity contribution in [3.8, 4) is 11.4 Å². The summed E-state index contributed by atoms with van der Waals surface area (Å²) in [4.78, 5) is 16.5. The van der Waals surface area contributed by atoms with Crippen LogP contribution in [-0.2, 0) is 16.1 Å². The molecule has 1 aromatic heterocycles. The first-order chi connectivity index (χ1) is 12.2. The Kier molecular flexibility index (Phi) is 4.27. The van der Waals surface area contributed by atoms with Gasteiger partial charge in [0.25, 0.3) is 0 Å². The molecule has 1 aliphatic heterocycles. The van der Waals surface area contributed by atoms with Crippen molar-refractivity contribution in [2.24, 2.45) is 11.1 Å². The molecule has 4 N–H and O–H groups in total. The fourth-order valence-corrected chi connectivity index (χ4v) is 3.69. The van der Waals surface area contributed by atoms with Crippen LogP contribution in [0, 0.1) is 5.41 Å². The lowest BCUT2D eigenvalue weighted by atomic mass is 9.67. The summed E-state index contributed by atoms with van der Waals surface area (Å²) < 4.78 is 5.82. The normalized spacial score (nSPS) is 21.2. The summed E-state index contributed by atoms with van der Waals surface area (Å²) in [6, 6.07) is 7.48. The number of ether oxygens (including phenoxy) is 1. The monoisotopic (exact) mass is 341 g/mol. The van der Waals surface area contributed by atoms with Crippen molar-refractivity contribution in [2.45, 2.75) is 44.8 Å². The minimum Gasteiger partial charge on any atom is -0.377 e. The van der Waals surface area contributed by atoms with Crippen LogP contribution in [0.2, 0.25) is 0 Å². The van der Waals surface area contributed by atoms with Crippen LogP contribution in [0.25, 0.3) is 11.4 Å². The third kappa shape index (κ3) is 3.43. The van der Waals surface area contributed by atoms with Crippen LogP contribution in [-0.4, -0.2) is 33.8 Å². The Morgan fingerprint density at radius 1 is 1.36 bits per heavy atom. The van der Waals surface area contributed by atoms with E-state index in [2.05, 4.69) is 20.5 Å². The highest BCUT2D eigenvalue weighted by molar-refractivity contribution is 5.91. The van der Waals surface area contributed by atoms with Gasteiger partial charge in [0.2, 0.25) is 5.91 Å². The van der Waals surface area contributed by atoms with E-state index in [1.807, 2.05) is 24.3 Å². The topological polar surface area (TPSA) is 106 Å². The number of H-pyrrole nitrogens is 1. The second-order valence-corrected chi connectivity index (χ2v) is 7.13. The predicted molar refractivity (Wildman–Crippen MR) is 93.6 cm³/mol. The average molecular weight is 341 g/mol. The molecule has 2 fully saturated rings. The lowest BCUT2D eigenvalue weighted by Crippen LogP contribution is -2.29. The first-order valence-corrected chi connectivity index (χ1v) is 8.79. The molecule has 132 valence electrons. The summed E-state index contributed by atoms with van der Waals surface area (Å²) in [5, 5.41) is 9.85. The molecule has 1 aromatic carbocycles. The van der Waals surface area contributed by atoms with Gasteiger partial charge in [-0.3, -0.25) is 9.89 Å². The van der Waals surface area contributed by atoms with Gasteiger partial charge in [0, 0.05) is 11.3 Å². The molecule has 1 saturated carbocycles. The number of aromatic nitrogens is 3. The number of hydrogen-bond acceptors (Lipinski definition) is 5. The molecule has 2 aromatic rings. The minimum atomic E-state index is -0.00237. The van der Waals surface area contributed by atoms with Crippen molar-refractivity contribution in [1.29, 1.82) is 0 Å². The predicted octanol–water partition coefficient (Wildman–Crippen LogP) is 2.22. The first-order valence-electron chi connectivity index (χ1n) is 8.79. The molecule has 1 amide bonds. The molecular formula is C18H23N5O2. The van der Waals surface area contributed by atoms with Crippen LogP contribution in [0.5, 0.6) is 0 Å². The quantitative estimate of drug-likeness (QED) is 0.773. The largest absolute Gasteiger partial charge is 0.377 e. The number of carbonyl (C=O) groups excluding carboxylic acids is 1. The summed E-state index contributed by atoms with van der Waals surface area (Å²) in [5.74, 6) is 1.24. The lowest BCUT2D eigenvalue weighted by molar-refractivity contribution is -0.118. The van der Waals surface area contributed by atoms with Crippen molar-refractivity contribution < 1.29 is 9.53 Å². The molecule has 1 atom stereocenters. The van der Waals surface area contributed by atoms with E-state index in [0.717, 1.165) is 24.3 Å². The van der Waals surface area contributed by atoms with Gasteiger partial charge in [-0.25, -0.2) is 4.98 Å². The summed E-state index contributed by atoms with van der Waals surface area (Å²) >= 11 is 0. The number of carbonyl (C=O) groups is 1. The standard InChI is InChI=1S/C18H23N5O2/c19-10-15-21-17(23-22-15)12-2-4-13(5-3-12)20-16(24)8-14-9-18(11-25-14)6-1-7-18/h2-5,14H,1,6-11,19H2,(H,20,24)(H,21,22,23). The maximum atomic E-state index is 12.2. The molecule has 1 saturated heterocycles. The second-order valence-electron chi connectivity index (χ2n) is 7.13. The van der Waals surface area contributed by atoms with Crippen LogP contribution in [0.4, 0.5) is 5.69 Å². The van der Waals surface area contributed by atoms with Gasteiger partial charge in [0.15, 0.2) is 5.82 Å². The number of amides is 1. The zero-order valence-electron chi connectivity index (χ0n) is 14.1. The van der Waals surface area contributed by atoms with Crippen LogP contribution in [0.15, 0.2) is 24.3 Å². The zero-order valence-corrected chi connectivity index (χ0v) is 14.1. The molecule has 0 radical (unpaired) electrons. The number of nitrogens with zero attached hydrogens (tertiary/aromatic N) is 2. The van der Waals surface area contributed by atoms with Gasteiger partial charge < -0.3 is 15.8 Å². The third-order valence-corrected chi connectivity index (χ3v) is 5.27. The number of anilines is 1. The van der Waals surface area contributed by atoms with Gasteiger partial charge in [0.05, 0.1) is 25.7 Å². The van der Waals surface area contributed by atoms with E-state index in [9.17, 15) is 4.79 Å². The van der Waals surface area contributed by atoms with Crippen molar-refractivity contribution in [3.63, 3.8) is 0 Å². The second kappa shape index (κ2) is 6.57. The molecule has 25 heavy (non-hydrogen) atoms. The number of aromatic amines is 1. The Labute approximate surface area is 146 Å². The minimum absolute atomic E-state index is 0.00237. The summed E-state index contributed by atoms with van der Waals surface area (Å²) in [6.07, 6.45) is 5.30. The van der Waals surface area contributed by atoms with Gasteiger partial charge in [-0.05, 0) is 48.9 Å². The van der Waals surface area contributed by atoms with Gasteiger partial charge >= 0.3 is 0 Å². The maximum Gasteiger partial charge on any atom is 0.226 e. The third-order valence-electron chi connectivity index (χ3n) is 5.27. The smallest absolute Gasteiger partial charge is 0.226 e. The SMILES string of the molecule is NCc1nc(-c2ccc(NC(=O)CC3CC4(CCC4)CO3)cc2)n[nH]1. The Hall–Kier alpha value is -2.25. The van der Waals surface area contributed by atoms with Crippen molar-refractivity contribution in [2.75, 3.05) is 11.9 Å². The Morgan fingerprint density at radius 3 is 2.76 bits per heavy atom. The highest BCUT2D eigenvalue weighted by Crippen LogP contribution is 2.49. The molecule has 7 heteroatoms. The van der Waals surface area contributed by atoms with Crippen LogP contribution in [0.1, 0.15) is 37.9 Å². The van der Waals surface area contributed by atoms with E-state index in [-0.39, 0.29) is 12.0 Å². The Balaban J connectivity index is 1.32. The van der Waals surface area contributed by atoms with E-state index in [4.69, 9.17) is 10.5 Å². The Bertz CT molecular complexity index is 751. The van der Waals surface area contributed by atoms with Gasteiger partial charge in [-0.15, -0.1) is 0 Å². The van der Waals surface area contributed by atoms with Gasteiger partial charge in [-0.2, -0.15) is 5.10 Å². The van der Waals surface area contributed by atoms with Gasteiger partial charge in [-0.1, -0.05) is 6.42 Å². The fourth-order valence-electron chi connectivity index (χ4n) is 3.69. The van der Waals surface area contributed by atoms with E-state index >= 15 is 0 Å². The number of rotatable bonds is 5. The van der Waals surface area contributed by atoms with Crippen LogP contribution < -0.4 is 11.1 Å². The average Bonchev–Trinajstić information content (AvgIpc) is 3.22. The number of hydrogen-bond donors (Lipinski definition) is 3. The van der Waals surface area contributed by atoms with E-state index in [1.54, 1.807) is 0 Å². The maximum absolute atomic E-state index is 12.2. The van der Waals surface area contributed by atoms with E-state index in [0.29, 0.717) is 30.0 Å². The molecule has 1 unspecified atom stereocenters. The molecular weight excluding hydrogens is 318 g/mol. The number of benzene rings is 1. The van der Waals surface area contributed by atoms with Crippen molar-refractivity contribution in [3.05, 3.63) is 30.1 Å². The molecule has 4 rings (SSSR count). The molecule has 7 nitrogen and oxygen atoms in total. The summed E-state index contributed by atoms with van der Waals surface area (Å²) in [5.41, 5.74) is 7.54. The van der Waals surface area contributed by atoms with E-state index in [1.165, 1.54) is 19.3 Å². The molecule has 2 aliphatic rings. The molecule has 0 bridgehead atoms. The fraction of sp³-hybridized carbons (Fsp3) is 0.500. The zero-order chi connectivity index (χ0) is 17.3. The van der Waals surface area contributed by atoms with Gasteiger partial charge in [0.1, 0.15) is 5.82 Å². The summed E-state index contributed by atoms with van der Waals surface area (Å²) in [6.45, 7) is 1.15. The lowest BCUT2D eigenvalue weighted by Gasteiger charge is -2.36. The van der Waals surface area contributed by atoms with Crippen LogP contribution in [0.3, 0.4) is 0 Å². The highest BCUT2D eigenvalue weighted by atomic mass is 16.5. The van der Waals surface area contributed by atoms with Crippen molar-refractivity contribution >= 4 is 11.6 Å². The van der Waals surface area contributed by atoms with Crippen molar-refractivity contribution in [1.82, 2.24) is 15.2 Å². The molecule has 2 heterocycles. The molecule has 1 spiro atoms. The Morgan fingerprint density at radius 2 is 2.16 bits per heavy atom. The van der Waals surface area contributed by atoms with E-state index < -0.39 is 0 Å². The molecule has 1 aliphatic carbocycles. The number of nitrogens with one attached hydrogen (secondary N) is 2. The first kappa shape index (κ1) is 16.2.